The topological polar surface area (TPSA) is 49.8 Å². The molecule has 0 amide bonds. The molecule has 1 aromatic heterocycles. The van der Waals surface area contributed by atoms with E-state index in [-0.39, 0.29) is 0 Å². The van der Waals surface area contributed by atoms with Crippen molar-refractivity contribution in [2.24, 2.45) is 5.41 Å². The van der Waals surface area contributed by atoms with Crippen molar-refractivity contribution in [1.82, 2.24) is 9.97 Å². The lowest BCUT2D eigenvalue weighted by molar-refractivity contribution is 0.232. The molecule has 4 nitrogen and oxygen atoms in total. The van der Waals surface area contributed by atoms with Crippen LogP contribution in [0.4, 0.5) is 11.6 Å². The molecule has 0 aromatic carbocycles. The van der Waals surface area contributed by atoms with E-state index in [1.165, 1.54) is 25.7 Å². The molecule has 118 valence electrons. The predicted molar refractivity (Wildman–Crippen MR) is 89.9 cm³/mol. The van der Waals surface area contributed by atoms with E-state index in [9.17, 15) is 0 Å². The van der Waals surface area contributed by atoms with Gasteiger partial charge in [-0.1, -0.05) is 27.7 Å². The van der Waals surface area contributed by atoms with Crippen LogP contribution in [0.25, 0.3) is 0 Å². The lowest BCUT2D eigenvalue weighted by Crippen LogP contribution is -2.30. The minimum absolute atomic E-state index is 0.342. The van der Waals surface area contributed by atoms with E-state index < -0.39 is 0 Å². The highest BCUT2D eigenvalue weighted by Crippen LogP contribution is 2.36. The number of nitrogens with one attached hydrogen (secondary N) is 2. The van der Waals surface area contributed by atoms with Crippen LogP contribution in [0.15, 0.2) is 6.07 Å². The minimum Gasteiger partial charge on any atom is -0.370 e. The van der Waals surface area contributed by atoms with Crippen molar-refractivity contribution in [1.29, 1.82) is 0 Å². The van der Waals surface area contributed by atoms with Gasteiger partial charge in [0, 0.05) is 24.6 Å². The number of nitrogens with zero attached hydrogens (tertiary/aromatic N) is 2. The fourth-order valence-corrected chi connectivity index (χ4v) is 2.82. The maximum atomic E-state index is 4.68. The van der Waals surface area contributed by atoms with Gasteiger partial charge in [0.25, 0.3) is 0 Å². The summed E-state index contributed by atoms with van der Waals surface area (Å²) in [5.41, 5.74) is 0.502. The molecular weight excluding hydrogens is 260 g/mol. The molecule has 0 aliphatic heterocycles. The van der Waals surface area contributed by atoms with E-state index in [0.717, 1.165) is 24.0 Å². The average molecular weight is 290 g/mol. The number of aromatic nitrogens is 2. The summed E-state index contributed by atoms with van der Waals surface area (Å²) in [5, 5.41) is 6.92. The molecule has 0 radical (unpaired) electrons. The van der Waals surface area contributed by atoms with Gasteiger partial charge < -0.3 is 10.6 Å². The van der Waals surface area contributed by atoms with Crippen LogP contribution in [0.5, 0.6) is 0 Å². The van der Waals surface area contributed by atoms with E-state index >= 15 is 0 Å². The second-order valence-corrected chi connectivity index (χ2v) is 7.26. The molecule has 0 bridgehead atoms. The smallest absolute Gasteiger partial charge is 0.135 e. The van der Waals surface area contributed by atoms with Crippen molar-refractivity contribution >= 4 is 11.6 Å². The fourth-order valence-electron chi connectivity index (χ4n) is 2.82. The molecule has 0 spiro atoms. The Kier molecular flexibility index (Phi) is 5.07. The molecule has 2 N–H and O–H groups in total. The molecule has 21 heavy (non-hydrogen) atoms. The highest BCUT2D eigenvalue weighted by atomic mass is 15.1. The molecule has 0 unspecified atom stereocenters. The summed E-state index contributed by atoms with van der Waals surface area (Å²) in [5.74, 6) is 3.14. The number of rotatable bonds is 5. The molecule has 1 heterocycles. The summed E-state index contributed by atoms with van der Waals surface area (Å²) in [6.45, 7) is 12.0. The third-order valence-corrected chi connectivity index (χ3v) is 4.31. The Morgan fingerprint density at radius 1 is 1.19 bits per heavy atom. The Morgan fingerprint density at radius 2 is 1.81 bits per heavy atom. The summed E-state index contributed by atoms with van der Waals surface area (Å²) in [6, 6.07) is 2.58. The van der Waals surface area contributed by atoms with Gasteiger partial charge in [-0.05, 0) is 38.0 Å². The van der Waals surface area contributed by atoms with E-state index in [2.05, 4.69) is 55.2 Å². The minimum atomic E-state index is 0.342. The van der Waals surface area contributed by atoms with E-state index in [1.807, 2.05) is 6.07 Å². The van der Waals surface area contributed by atoms with E-state index in [4.69, 9.17) is 0 Å². The van der Waals surface area contributed by atoms with Crippen LogP contribution in [-0.2, 0) is 0 Å². The van der Waals surface area contributed by atoms with Crippen LogP contribution in [0.1, 0.15) is 72.0 Å². The van der Waals surface area contributed by atoms with Gasteiger partial charge in [-0.15, -0.1) is 0 Å². The second-order valence-electron chi connectivity index (χ2n) is 7.26. The maximum Gasteiger partial charge on any atom is 0.135 e. The van der Waals surface area contributed by atoms with Crippen molar-refractivity contribution in [3.05, 3.63) is 11.9 Å². The predicted octanol–water partition coefficient (Wildman–Crippen LogP) is 4.41. The van der Waals surface area contributed by atoms with Crippen molar-refractivity contribution in [3.63, 3.8) is 0 Å². The van der Waals surface area contributed by atoms with Gasteiger partial charge in [-0.25, -0.2) is 9.97 Å². The number of anilines is 2. The number of hydrogen-bond donors (Lipinski definition) is 2. The SMILES string of the molecule is CCNc1cc(NC2CCC(C)(C)CC2)nc(C(C)C)n1. The average Bonchev–Trinajstić information content (AvgIpc) is 2.41. The first kappa shape index (κ1) is 16.1. The van der Waals surface area contributed by atoms with Gasteiger partial charge in [-0.3, -0.25) is 0 Å². The fraction of sp³-hybridized carbons (Fsp3) is 0.765. The van der Waals surface area contributed by atoms with Crippen molar-refractivity contribution in [3.8, 4) is 0 Å². The van der Waals surface area contributed by atoms with E-state index in [0.29, 0.717) is 17.4 Å². The monoisotopic (exact) mass is 290 g/mol. The Morgan fingerprint density at radius 3 is 2.38 bits per heavy atom. The Hall–Kier alpha value is -1.32. The van der Waals surface area contributed by atoms with Crippen LogP contribution >= 0.6 is 0 Å². The van der Waals surface area contributed by atoms with Gasteiger partial charge >= 0.3 is 0 Å². The highest BCUT2D eigenvalue weighted by molar-refractivity contribution is 5.48. The summed E-state index contributed by atoms with van der Waals surface area (Å²) < 4.78 is 0. The van der Waals surface area contributed by atoms with Crippen molar-refractivity contribution in [2.75, 3.05) is 17.2 Å². The molecular formula is C17H30N4. The van der Waals surface area contributed by atoms with Gasteiger partial charge in [0.1, 0.15) is 17.5 Å². The number of hydrogen-bond acceptors (Lipinski definition) is 4. The normalized spacial score (nSPS) is 18.8. The van der Waals surface area contributed by atoms with Crippen LogP contribution < -0.4 is 10.6 Å². The molecule has 2 rings (SSSR count). The second kappa shape index (κ2) is 6.63. The van der Waals surface area contributed by atoms with E-state index in [1.54, 1.807) is 0 Å². The Bertz CT molecular complexity index is 458. The lowest BCUT2D eigenvalue weighted by atomic mass is 9.75. The van der Waals surface area contributed by atoms with Crippen LogP contribution in [0.2, 0.25) is 0 Å². The zero-order chi connectivity index (χ0) is 15.5. The first-order valence-corrected chi connectivity index (χ1v) is 8.29. The standard InChI is InChI=1S/C17H30N4/c1-6-18-14-11-15(21-16(20-14)12(2)3)19-13-7-9-17(4,5)10-8-13/h11-13H,6-10H2,1-5H3,(H2,18,19,20,21). The van der Waals surface area contributed by atoms with Crippen LogP contribution in [0, 0.1) is 5.41 Å². The van der Waals surface area contributed by atoms with Crippen LogP contribution in [0.3, 0.4) is 0 Å². The quantitative estimate of drug-likeness (QED) is 0.843. The summed E-state index contributed by atoms with van der Waals surface area (Å²) in [4.78, 5) is 9.26. The zero-order valence-electron chi connectivity index (χ0n) is 14.2. The van der Waals surface area contributed by atoms with Crippen molar-refractivity contribution in [2.45, 2.75) is 72.3 Å². The molecule has 0 atom stereocenters. The summed E-state index contributed by atoms with van der Waals surface area (Å²) in [7, 11) is 0. The molecule has 0 saturated heterocycles. The third-order valence-electron chi connectivity index (χ3n) is 4.31. The van der Waals surface area contributed by atoms with Crippen LogP contribution in [-0.4, -0.2) is 22.6 Å². The molecule has 1 fully saturated rings. The summed E-state index contributed by atoms with van der Waals surface area (Å²) in [6.07, 6.45) is 5.02. The van der Waals surface area contributed by atoms with Crippen molar-refractivity contribution < 1.29 is 0 Å². The Balaban J connectivity index is 2.08. The Labute approximate surface area is 129 Å². The van der Waals surface area contributed by atoms with Gasteiger partial charge in [-0.2, -0.15) is 0 Å². The maximum absolute atomic E-state index is 4.68. The third kappa shape index (κ3) is 4.58. The lowest BCUT2D eigenvalue weighted by Gasteiger charge is -2.34. The van der Waals surface area contributed by atoms with Gasteiger partial charge in [0.15, 0.2) is 0 Å². The largest absolute Gasteiger partial charge is 0.370 e. The zero-order valence-corrected chi connectivity index (χ0v) is 14.2. The van der Waals surface area contributed by atoms with Gasteiger partial charge in [0.05, 0.1) is 0 Å². The molecule has 1 saturated carbocycles. The summed E-state index contributed by atoms with van der Waals surface area (Å²) >= 11 is 0. The molecule has 4 heteroatoms. The molecule has 1 aromatic rings. The van der Waals surface area contributed by atoms with Gasteiger partial charge in [0.2, 0.25) is 0 Å². The highest BCUT2D eigenvalue weighted by Gasteiger charge is 2.27. The first-order valence-electron chi connectivity index (χ1n) is 8.29. The molecule has 1 aliphatic carbocycles. The molecule has 1 aliphatic rings. The first-order chi connectivity index (χ1) is 9.89.